The molecule has 2 rings (SSSR count). The molecule has 2 saturated heterocycles. The molecule has 0 unspecified atom stereocenters. The molecule has 0 aromatic carbocycles. The predicted octanol–water partition coefficient (Wildman–Crippen LogP) is 0.352. The third kappa shape index (κ3) is 3.35. The van der Waals surface area contributed by atoms with Crippen LogP contribution in [0.3, 0.4) is 0 Å². The molecule has 2 fully saturated rings. The number of hydrogen-bond donors (Lipinski definition) is 1. The van der Waals surface area contributed by atoms with Crippen LogP contribution in [-0.2, 0) is 4.74 Å². The van der Waals surface area contributed by atoms with E-state index in [1.807, 2.05) is 0 Å². The first-order chi connectivity index (χ1) is 6.90. The zero-order chi connectivity index (χ0) is 9.80. The van der Waals surface area contributed by atoms with Gasteiger partial charge in [0, 0.05) is 25.6 Å². The number of hydrogen-bond acceptors (Lipinski definition) is 3. The normalized spacial score (nSPS) is 31.9. The maximum absolute atomic E-state index is 5.81. The first-order valence-corrected chi connectivity index (χ1v) is 5.38. The topological polar surface area (TPSA) is 24.5 Å². The molecule has 2 aliphatic heterocycles. The lowest BCUT2D eigenvalue weighted by molar-refractivity contribution is -0.0181. The van der Waals surface area contributed by atoms with E-state index in [0.717, 1.165) is 39.3 Å². The van der Waals surface area contributed by atoms with Gasteiger partial charge < -0.3 is 10.1 Å². The van der Waals surface area contributed by atoms with Gasteiger partial charge in [-0.2, -0.15) is 0 Å². The van der Waals surface area contributed by atoms with Crippen molar-refractivity contribution < 1.29 is 4.74 Å². The average molecular weight is 231 g/mol. The summed E-state index contributed by atoms with van der Waals surface area (Å²) >= 11 is 0. The fraction of sp³-hybridized carbons (Fsp3) is 0.818. The van der Waals surface area contributed by atoms with Gasteiger partial charge in [0.25, 0.3) is 0 Å². The lowest BCUT2D eigenvalue weighted by Crippen LogP contribution is -2.46. The van der Waals surface area contributed by atoms with E-state index >= 15 is 0 Å². The summed E-state index contributed by atoms with van der Waals surface area (Å²) in [6.45, 7) is 5.83. The van der Waals surface area contributed by atoms with Gasteiger partial charge in [-0.25, -0.2) is 0 Å². The van der Waals surface area contributed by atoms with Gasteiger partial charge >= 0.3 is 0 Å². The van der Waals surface area contributed by atoms with E-state index in [0.29, 0.717) is 12.0 Å². The molecule has 0 aromatic rings. The quantitative estimate of drug-likeness (QED) is 0.658. The van der Waals surface area contributed by atoms with E-state index in [-0.39, 0.29) is 12.4 Å². The number of ether oxygens (including phenoxy) is 1. The van der Waals surface area contributed by atoms with Crippen LogP contribution in [0.1, 0.15) is 6.42 Å². The second-order valence-corrected chi connectivity index (χ2v) is 4.10. The van der Waals surface area contributed by atoms with Crippen molar-refractivity contribution in [3.05, 3.63) is 0 Å². The van der Waals surface area contributed by atoms with Crippen LogP contribution < -0.4 is 5.32 Å². The van der Waals surface area contributed by atoms with Crippen LogP contribution in [0.5, 0.6) is 0 Å². The number of terminal acetylenes is 1. The van der Waals surface area contributed by atoms with Crippen LogP contribution in [0, 0.1) is 18.3 Å². The lowest BCUT2D eigenvalue weighted by Gasteiger charge is -2.36. The number of nitrogens with zero attached hydrogens (tertiary/aromatic N) is 1. The summed E-state index contributed by atoms with van der Waals surface area (Å²) in [5.74, 6) is 3.39. The van der Waals surface area contributed by atoms with Crippen LogP contribution >= 0.6 is 12.4 Å². The molecule has 0 aromatic heterocycles. The van der Waals surface area contributed by atoms with E-state index in [1.165, 1.54) is 6.42 Å². The van der Waals surface area contributed by atoms with Crippen LogP contribution in [0.4, 0.5) is 0 Å². The summed E-state index contributed by atoms with van der Waals surface area (Å²) < 4.78 is 5.81. The summed E-state index contributed by atoms with van der Waals surface area (Å²) in [4.78, 5) is 2.31. The van der Waals surface area contributed by atoms with E-state index in [9.17, 15) is 0 Å². The Kier molecular flexibility index (Phi) is 5.41. The maximum atomic E-state index is 5.81. The Labute approximate surface area is 98.0 Å². The van der Waals surface area contributed by atoms with Gasteiger partial charge in [0.15, 0.2) is 0 Å². The van der Waals surface area contributed by atoms with Crippen LogP contribution in [-0.4, -0.2) is 50.3 Å². The van der Waals surface area contributed by atoms with Crippen molar-refractivity contribution in [3.63, 3.8) is 0 Å². The lowest BCUT2D eigenvalue weighted by atomic mass is 9.94. The van der Waals surface area contributed by atoms with E-state index in [2.05, 4.69) is 16.1 Å². The largest absolute Gasteiger partial charge is 0.375 e. The zero-order valence-corrected chi connectivity index (χ0v) is 9.76. The molecule has 2 atom stereocenters. The molecule has 0 radical (unpaired) electrons. The first kappa shape index (κ1) is 12.8. The fourth-order valence-corrected chi connectivity index (χ4v) is 2.29. The molecule has 2 heterocycles. The van der Waals surface area contributed by atoms with Crippen molar-refractivity contribution in [2.45, 2.75) is 12.5 Å². The highest BCUT2D eigenvalue weighted by Gasteiger charge is 2.30. The Bertz CT molecular complexity index is 229. The minimum atomic E-state index is 0. The minimum Gasteiger partial charge on any atom is -0.375 e. The first-order valence-electron chi connectivity index (χ1n) is 5.38. The molecule has 0 bridgehead atoms. The van der Waals surface area contributed by atoms with Gasteiger partial charge in [-0.05, 0) is 13.0 Å². The van der Waals surface area contributed by atoms with Crippen LogP contribution in [0.2, 0.25) is 0 Å². The van der Waals surface area contributed by atoms with Gasteiger partial charge in [-0.1, -0.05) is 5.92 Å². The molecule has 0 aliphatic carbocycles. The Morgan fingerprint density at radius 2 is 2.40 bits per heavy atom. The molecule has 86 valence electrons. The summed E-state index contributed by atoms with van der Waals surface area (Å²) in [7, 11) is 0. The van der Waals surface area contributed by atoms with Gasteiger partial charge in [0.1, 0.15) is 0 Å². The van der Waals surface area contributed by atoms with E-state index < -0.39 is 0 Å². The molecule has 3 nitrogen and oxygen atoms in total. The Balaban J connectivity index is 0.00000112. The number of rotatable bonds is 1. The molecule has 2 aliphatic rings. The highest BCUT2D eigenvalue weighted by molar-refractivity contribution is 5.85. The number of piperidine rings is 1. The molecule has 4 heteroatoms. The monoisotopic (exact) mass is 230 g/mol. The maximum Gasteiger partial charge on any atom is 0.0743 e. The predicted molar refractivity (Wildman–Crippen MR) is 63.2 cm³/mol. The van der Waals surface area contributed by atoms with Crippen molar-refractivity contribution in [1.29, 1.82) is 0 Å². The third-order valence-corrected chi connectivity index (χ3v) is 3.11. The van der Waals surface area contributed by atoms with Crippen LogP contribution in [0.25, 0.3) is 0 Å². The second-order valence-electron chi connectivity index (χ2n) is 4.10. The highest BCUT2D eigenvalue weighted by Crippen LogP contribution is 2.20. The fourth-order valence-electron chi connectivity index (χ4n) is 2.29. The summed E-state index contributed by atoms with van der Waals surface area (Å²) in [6, 6.07) is 0. The molecular formula is C11H19ClN2O. The number of halogens is 1. The van der Waals surface area contributed by atoms with Crippen molar-refractivity contribution in [3.8, 4) is 12.3 Å². The molecule has 0 amide bonds. The number of nitrogens with one attached hydrogen (secondary N) is 1. The van der Waals surface area contributed by atoms with E-state index in [1.54, 1.807) is 0 Å². The smallest absolute Gasteiger partial charge is 0.0743 e. The molecule has 0 saturated carbocycles. The molecule has 15 heavy (non-hydrogen) atoms. The van der Waals surface area contributed by atoms with Crippen molar-refractivity contribution in [2.75, 3.05) is 39.3 Å². The van der Waals surface area contributed by atoms with Gasteiger partial charge in [0.2, 0.25) is 0 Å². The Morgan fingerprint density at radius 3 is 3.20 bits per heavy atom. The summed E-state index contributed by atoms with van der Waals surface area (Å²) in [5.41, 5.74) is 0. The van der Waals surface area contributed by atoms with E-state index in [4.69, 9.17) is 11.2 Å². The zero-order valence-electron chi connectivity index (χ0n) is 8.95. The molecule has 0 spiro atoms. The SMILES string of the molecule is C#CCN1CC[C@H]2CNCCO[C@H]2C1.Cl. The highest BCUT2D eigenvalue weighted by atomic mass is 35.5. The standard InChI is InChI=1S/C11H18N2O.ClH/c1-2-5-13-6-3-10-8-12-4-7-14-11(10)9-13;/h1,10-12H,3-9H2;1H/t10-,11-;/m0./s1. The van der Waals surface area contributed by atoms with Crippen LogP contribution in [0.15, 0.2) is 0 Å². The number of likely N-dealkylation sites (tertiary alicyclic amines) is 1. The second kappa shape index (κ2) is 6.34. The Hall–Kier alpha value is -0.270. The molecule has 1 N–H and O–H groups in total. The molecular weight excluding hydrogens is 212 g/mol. The summed E-state index contributed by atoms with van der Waals surface area (Å²) in [6.07, 6.45) is 6.92. The van der Waals surface area contributed by atoms with Crippen molar-refractivity contribution >= 4 is 12.4 Å². The van der Waals surface area contributed by atoms with Gasteiger partial charge in [-0.15, -0.1) is 18.8 Å². The Morgan fingerprint density at radius 1 is 1.53 bits per heavy atom. The number of fused-ring (bicyclic) bond motifs is 1. The average Bonchev–Trinajstić information content (AvgIpc) is 2.42. The van der Waals surface area contributed by atoms with Gasteiger partial charge in [0.05, 0.1) is 19.3 Å². The van der Waals surface area contributed by atoms with Crippen molar-refractivity contribution in [1.82, 2.24) is 10.2 Å². The van der Waals surface area contributed by atoms with Crippen molar-refractivity contribution in [2.24, 2.45) is 5.92 Å². The summed E-state index contributed by atoms with van der Waals surface area (Å²) in [5, 5.41) is 3.41. The minimum absolute atomic E-state index is 0. The van der Waals surface area contributed by atoms with Gasteiger partial charge in [-0.3, -0.25) is 4.90 Å². The third-order valence-electron chi connectivity index (χ3n) is 3.11.